The summed E-state index contributed by atoms with van der Waals surface area (Å²) in [6, 6.07) is 0. The van der Waals surface area contributed by atoms with Crippen LogP contribution in [-0.2, 0) is 9.53 Å². The summed E-state index contributed by atoms with van der Waals surface area (Å²) < 4.78 is 6.09. The van der Waals surface area contributed by atoms with Crippen LogP contribution in [0.3, 0.4) is 0 Å². The molecule has 0 spiro atoms. The van der Waals surface area contributed by atoms with Gasteiger partial charge in [0.1, 0.15) is 6.10 Å². The Morgan fingerprint density at radius 3 is 2.10 bits per heavy atom. The molecule has 0 amide bonds. The summed E-state index contributed by atoms with van der Waals surface area (Å²) in [4.78, 5) is 12.8. The molecule has 4 rings (SSSR count). The minimum Gasteiger partial charge on any atom is -0.462 e. The molecule has 274 valence electrons. The number of carbonyl (C=O) groups excluding carboxylic acids is 1. The van der Waals surface area contributed by atoms with Crippen molar-refractivity contribution in [3.63, 3.8) is 0 Å². The lowest BCUT2D eigenvalue weighted by Gasteiger charge is -2.58. The zero-order chi connectivity index (χ0) is 35.1. The number of fused-ring (bicyclic) bond motifs is 5. The number of carbonyl (C=O) groups is 1. The molecule has 4 aliphatic rings. The van der Waals surface area contributed by atoms with Crippen molar-refractivity contribution in [2.75, 3.05) is 0 Å². The molecule has 0 unspecified atom stereocenters. The Labute approximate surface area is 303 Å². The average molecular weight is 671 g/mol. The van der Waals surface area contributed by atoms with E-state index >= 15 is 0 Å². The number of ether oxygens (including phenoxy) is 1. The molecule has 0 radical (unpaired) electrons. The highest BCUT2D eigenvalue weighted by Gasteiger charge is 2.59. The first-order valence-corrected chi connectivity index (χ1v) is 20.8. The second kappa shape index (κ2) is 20.1. The quantitative estimate of drug-likeness (QED) is 0.0776. The second-order valence-corrected chi connectivity index (χ2v) is 17.2. The van der Waals surface area contributed by atoms with Gasteiger partial charge in [-0.2, -0.15) is 0 Å². The topological polar surface area (TPSA) is 26.3 Å². The molecule has 49 heavy (non-hydrogen) atoms. The molecule has 2 heteroatoms. The minimum atomic E-state index is 0.00295. The summed E-state index contributed by atoms with van der Waals surface area (Å²) in [7, 11) is 0. The molecule has 0 aromatic carbocycles. The van der Waals surface area contributed by atoms with Crippen LogP contribution in [0.5, 0.6) is 0 Å². The van der Waals surface area contributed by atoms with E-state index in [-0.39, 0.29) is 12.1 Å². The van der Waals surface area contributed by atoms with Gasteiger partial charge in [-0.05, 0) is 136 Å². The van der Waals surface area contributed by atoms with Crippen LogP contribution in [0.15, 0.2) is 72.4 Å². The predicted molar refractivity (Wildman–Crippen MR) is 211 cm³/mol. The number of hydrogen-bond acceptors (Lipinski definition) is 2. The third-order valence-electron chi connectivity index (χ3n) is 13.5. The Bertz CT molecular complexity index is 1180. The highest BCUT2D eigenvalue weighted by atomic mass is 16.5. The van der Waals surface area contributed by atoms with Gasteiger partial charge >= 0.3 is 5.97 Å². The lowest BCUT2D eigenvalue weighted by molar-refractivity contribution is -0.151. The van der Waals surface area contributed by atoms with Crippen molar-refractivity contribution in [1.82, 2.24) is 0 Å². The first kappa shape index (κ1) is 39.7. The molecule has 3 saturated carbocycles. The van der Waals surface area contributed by atoms with Gasteiger partial charge in [0.05, 0.1) is 0 Å². The molecule has 2 nitrogen and oxygen atoms in total. The second-order valence-electron chi connectivity index (χ2n) is 17.2. The van der Waals surface area contributed by atoms with Crippen LogP contribution in [-0.4, -0.2) is 12.1 Å². The highest BCUT2D eigenvalue weighted by Crippen LogP contribution is 2.67. The molecule has 0 aromatic heterocycles. The maximum atomic E-state index is 12.8. The molecule has 0 aliphatic heterocycles. The average Bonchev–Trinajstić information content (AvgIpc) is 3.43. The zero-order valence-corrected chi connectivity index (χ0v) is 32.6. The first-order chi connectivity index (χ1) is 23.7. The number of allylic oxidation sites excluding steroid dienone is 11. The highest BCUT2D eigenvalue weighted by molar-refractivity contribution is 5.69. The van der Waals surface area contributed by atoms with Gasteiger partial charge < -0.3 is 4.74 Å². The van der Waals surface area contributed by atoms with E-state index in [0.29, 0.717) is 17.3 Å². The van der Waals surface area contributed by atoms with Crippen LogP contribution in [0, 0.1) is 46.3 Å². The van der Waals surface area contributed by atoms with E-state index in [2.05, 4.69) is 108 Å². The molecule has 3 fully saturated rings. The molecule has 0 N–H and O–H groups in total. The SMILES string of the molecule is CC/C=C/C/C=C/C/C=C/C/C=C/C/C=C/CCCC(=O)O[C@H]1CC[C@@]2(C)C(=CC[C@H]3[C@@H]4CC[C@H]([C@H](C)CCCC(C)C)[C@@]4(C)CC[C@@H]32)C1. The lowest BCUT2D eigenvalue weighted by Crippen LogP contribution is -2.51. The van der Waals surface area contributed by atoms with Gasteiger partial charge in [0.2, 0.25) is 0 Å². The fraction of sp³-hybridized carbons (Fsp3) is 0.723. The molecular weight excluding hydrogens is 597 g/mol. The van der Waals surface area contributed by atoms with Crippen molar-refractivity contribution in [2.45, 2.75) is 170 Å². The molecule has 4 aliphatic carbocycles. The summed E-state index contributed by atoms with van der Waals surface area (Å²) in [5, 5.41) is 0. The van der Waals surface area contributed by atoms with Gasteiger partial charge in [0, 0.05) is 12.8 Å². The standard InChI is InChI=1S/C47H74O2/c1-7-8-9-10-11-12-13-14-15-16-17-18-19-20-21-22-23-27-45(48)49-40-32-34-46(5)39(36-40)28-29-41-43-31-30-42(38(4)26-24-25-37(2)3)47(43,6)35-33-44(41)46/h8-9,11-12,14-15,17-18,20-21,28,37-38,40-44H,7,10,13,16,19,22-27,29-36H2,1-6H3/b9-8+,12-11+,15-14+,18-17+,21-20+/t38-,40+,41+,42-,43+,44+,46+,47-/m1/s1. The fourth-order valence-electron chi connectivity index (χ4n) is 10.7. The van der Waals surface area contributed by atoms with E-state index in [1.165, 1.54) is 57.8 Å². The third-order valence-corrected chi connectivity index (χ3v) is 13.5. The Kier molecular flexibility index (Phi) is 16.3. The number of esters is 1. The van der Waals surface area contributed by atoms with Crippen molar-refractivity contribution in [3.8, 4) is 0 Å². The zero-order valence-electron chi connectivity index (χ0n) is 32.6. The Morgan fingerprint density at radius 1 is 0.796 bits per heavy atom. The van der Waals surface area contributed by atoms with Crippen LogP contribution in [0.1, 0.15) is 164 Å². The third kappa shape index (κ3) is 11.2. The summed E-state index contributed by atoms with van der Waals surface area (Å²) in [6.07, 6.45) is 46.8. The molecule has 8 atom stereocenters. The molecular formula is C47H74O2. The molecule has 0 saturated heterocycles. The molecule has 0 heterocycles. The van der Waals surface area contributed by atoms with Crippen molar-refractivity contribution in [1.29, 1.82) is 0 Å². The number of rotatable bonds is 19. The summed E-state index contributed by atoms with van der Waals surface area (Å²) in [5.41, 5.74) is 2.48. The van der Waals surface area contributed by atoms with E-state index in [1.807, 2.05) is 0 Å². The van der Waals surface area contributed by atoms with Crippen LogP contribution in [0.2, 0.25) is 0 Å². The summed E-state index contributed by atoms with van der Waals surface area (Å²) in [6.45, 7) is 14.8. The Hall–Kier alpha value is -2.09. The maximum Gasteiger partial charge on any atom is 0.306 e. The van der Waals surface area contributed by atoms with E-state index in [1.54, 1.807) is 5.57 Å². The van der Waals surface area contributed by atoms with Gasteiger partial charge in [-0.1, -0.05) is 133 Å². The van der Waals surface area contributed by atoms with E-state index in [0.717, 1.165) is 93.3 Å². The molecule has 0 aromatic rings. The summed E-state index contributed by atoms with van der Waals surface area (Å²) >= 11 is 0. The van der Waals surface area contributed by atoms with Crippen LogP contribution in [0.4, 0.5) is 0 Å². The van der Waals surface area contributed by atoms with Crippen molar-refractivity contribution < 1.29 is 9.53 Å². The van der Waals surface area contributed by atoms with Gasteiger partial charge in [0.15, 0.2) is 0 Å². The van der Waals surface area contributed by atoms with Gasteiger partial charge in [-0.3, -0.25) is 4.79 Å². The largest absolute Gasteiger partial charge is 0.462 e. The fourth-order valence-corrected chi connectivity index (χ4v) is 10.7. The smallest absolute Gasteiger partial charge is 0.306 e. The Morgan fingerprint density at radius 2 is 1.45 bits per heavy atom. The minimum absolute atomic E-state index is 0.00295. The Balaban J connectivity index is 1.13. The van der Waals surface area contributed by atoms with Crippen LogP contribution < -0.4 is 0 Å². The first-order valence-electron chi connectivity index (χ1n) is 20.8. The monoisotopic (exact) mass is 671 g/mol. The lowest BCUT2D eigenvalue weighted by atomic mass is 9.47. The normalized spacial score (nSPS) is 32.4. The van der Waals surface area contributed by atoms with Crippen molar-refractivity contribution >= 4 is 5.97 Å². The van der Waals surface area contributed by atoms with Crippen molar-refractivity contribution in [3.05, 3.63) is 72.4 Å². The van der Waals surface area contributed by atoms with Crippen LogP contribution in [0.25, 0.3) is 0 Å². The van der Waals surface area contributed by atoms with Gasteiger partial charge in [-0.15, -0.1) is 0 Å². The van der Waals surface area contributed by atoms with Crippen molar-refractivity contribution in [2.24, 2.45) is 46.3 Å². The maximum absolute atomic E-state index is 12.8. The molecule has 0 bridgehead atoms. The van der Waals surface area contributed by atoms with Gasteiger partial charge in [0.25, 0.3) is 0 Å². The van der Waals surface area contributed by atoms with E-state index < -0.39 is 0 Å². The summed E-state index contributed by atoms with van der Waals surface area (Å²) in [5.74, 6) is 5.20. The van der Waals surface area contributed by atoms with E-state index in [9.17, 15) is 4.79 Å². The number of unbranched alkanes of at least 4 members (excludes halogenated alkanes) is 1. The predicted octanol–water partition coefficient (Wildman–Crippen LogP) is 13.9. The van der Waals surface area contributed by atoms with Gasteiger partial charge in [-0.25, -0.2) is 0 Å². The van der Waals surface area contributed by atoms with E-state index in [4.69, 9.17) is 4.74 Å². The van der Waals surface area contributed by atoms with Crippen LogP contribution >= 0.6 is 0 Å². The number of hydrogen-bond donors (Lipinski definition) is 0.